The number of aromatic nitrogens is 2. The van der Waals surface area contributed by atoms with Gasteiger partial charge in [0, 0.05) is 30.0 Å². The van der Waals surface area contributed by atoms with Crippen LogP contribution in [0.15, 0.2) is 24.5 Å². The highest BCUT2D eigenvalue weighted by atomic mass is 32.2. The number of ether oxygens (including phenoxy) is 1. The zero-order valence-corrected chi connectivity index (χ0v) is 20.5. The van der Waals surface area contributed by atoms with Gasteiger partial charge >= 0.3 is 6.61 Å². The summed E-state index contributed by atoms with van der Waals surface area (Å²) in [4.78, 5) is 21.1. The summed E-state index contributed by atoms with van der Waals surface area (Å²) >= 11 is 0. The molecule has 0 unspecified atom stereocenters. The lowest BCUT2D eigenvalue weighted by Gasteiger charge is -2.38. The van der Waals surface area contributed by atoms with E-state index in [0.717, 1.165) is 6.20 Å². The Labute approximate surface area is 201 Å². The van der Waals surface area contributed by atoms with Gasteiger partial charge in [0.05, 0.1) is 45.8 Å². The molecule has 2 aromatic heterocycles. The summed E-state index contributed by atoms with van der Waals surface area (Å²) in [7, 11) is -3.18. The van der Waals surface area contributed by atoms with Crippen molar-refractivity contribution in [3.8, 4) is 5.75 Å². The van der Waals surface area contributed by atoms with E-state index in [1.807, 2.05) is 0 Å². The normalized spacial score (nSPS) is 16.3. The Hall–Kier alpha value is -3.19. The molecular weight excluding hydrogens is 484 g/mol. The summed E-state index contributed by atoms with van der Waals surface area (Å²) in [5.41, 5.74) is -1.17. The number of amides is 1. The number of aryl methyl sites for hydroxylation is 1. The second-order valence-electron chi connectivity index (χ2n) is 9.44. The van der Waals surface area contributed by atoms with Crippen molar-refractivity contribution in [2.24, 2.45) is 0 Å². The molecule has 2 aromatic rings. The van der Waals surface area contributed by atoms with Gasteiger partial charge in [-0.1, -0.05) is 0 Å². The Morgan fingerprint density at radius 1 is 1.29 bits per heavy atom. The van der Waals surface area contributed by atoms with Crippen molar-refractivity contribution in [1.82, 2.24) is 15.3 Å². The Bertz CT molecular complexity index is 1250. The number of alkyl halides is 2. The van der Waals surface area contributed by atoms with Crippen molar-refractivity contribution in [2.75, 3.05) is 16.8 Å². The van der Waals surface area contributed by atoms with E-state index >= 15 is 0 Å². The number of rotatable bonds is 9. The largest absolute Gasteiger partial charge is 0.433 e. The molecule has 13 heteroatoms. The maximum Gasteiger partial charge on any atom is 0.387 e. The molecule has 1 amide bonds. The maximum atomic E-state index is 12.8. The van der Waals surface area contributed by atoms with Gasteiger partial charge in [0.2, 0.25) is 0 Å². The van der Waals surface area contributed by atoms with Gasteiger partial charge in [0.1, 0.15) is 11.6 Å². The van der Waals surface area contributed by atoms with E-state index in [4.69, 9.17) is 5.41 Å². The van der Waals surface area contributed by atoms with E-state index < -0.39 is 33.5 Å². The summed E-state index contributed by atoms with van der Waals surface area (Å²) < 4.78 is 52.7. The predicted molar refractivity (Wildman–Crippen MR) is 125 cm³/mol. The Balaban J connectivity index is 1.94. The average molecular weight is 512 g/mol. The third-order valence-corrected chi connectivity index (χ3v) is 7.27. The van der Waals surface area contributed by atoms with Crippen LogP contribution in [0.4, 0.5) is 20.3 Å². The van der Waals surface area contributed by atoms with Crippen LogP contribution in [0.25, 0.3) is 0 Å². The van der Waals surface area contributed by atoms with Gasteiger partial charge in [0.25, 0.3) is 5.91 Å². The number of nitrogens with one attached hydrogen (secondary N) is 3. The van der Waals surface area contributed by atoms with Crippen LogP contribution >= 0.6 is 0 Å². The second-order valence-corrected chi connectivity index (χ2v) is 11.5. The first-order chi connectivity index (χ1) is 16.1. The van der Waals surface area contributed by atoms with Crippen LogP contribution in [0.3, 0.4) is 0 Å². The fraction of sp³-hybridized carbons (Fsp3) is 0.455. The van der Waals surface area contributed by atoms with Gasteiger partial charge in [-0.05, 0) is 33.8 Å². The molecule has 35 heavy (non-hydrogen) atoms. The minimum atomic E-state index is -3.18. The highest BCUT2D eigenvalue weighted by molar-refractivity contribution is 7.93. The highest BCUT2D eigenvalue weighted by Crippen LogP contribution is 2.28. The van der Waals surface area contributed by atoms with E-state index in [9.17, 15) is 27.1 Å². The molecule has 1 aliphatic heterocycles. The molecule has 1 saturated heterocycles. The summed E-state index contributed by atoms with van der Waals surface area (Å²) in [6, 6.07) is 2.70. The molecule has 0 atom stereocenters. The first-order valence-electron chi connectivity index (χ1n) is 10.6. The molecule has 1 aliphatic rings. The number of hydrogen-bond acceptors (Lipinski definition) is 9. The number of pyridine rings is 2. The summed E-state index contributed by atoms with van der Waals surface area (Å²) in [5.74, 6) is -0.968. The standard InChI is InChI=1S/C22H27F2N5O5S/c1-12-17(6-14(9-26-12)34-20(23)24)28-18-15(16(25)7-21(2,3)31)5-13(8-27-18)19(30)29-22(4)10-35(32,33)11-22/h5-6,8-9,20,25,31H,7,10-11H2,1-4H3,(H,27,28)(H,29,30). The molecular formula is C22H27F2N5O5S. The van der Waals surface area contributed by atoms with Crippen molar-refractivity contribution in [3.63, 3.8) is 0 Å². The first-order valence-corrected chi connectivity index (χ1v) is 12.4. The molecule has 4 N–H and O–H groups in total. The molecule has 190 valence electrons. The Kier molecular flexibility index (Phi) is 7.14. The van der Waals surface area contributed by atoms with E-state index in [1.54, 1.807) is 13.8 Å². The van der Waals surface area contributed by atoms with Crippen molar-refractivity contribution < 1.29 is 31.8 Å². The predicted octanol–water partition coefficient (Wildman–Crippen LogP) is 2.58. The van der Waals surface area contributed by atoms with Crippen LogP contribution in [-0.4, -0.2) is 64.4 Å². The van der Waals surface area contributed by atoms with E-state index in [2.05, 4.69) is 25.3 Å². The minimum Gasteiger partial charge on any atom is -0.433 e. The SMILES string of the molecule is Cc1ncc(OC(F)F)cc1Nc1ncc(C(=O)NC2(C)CS(=O)(=O)C2)cc1C(=N)CC(C)(C)O. The van der Waals surface area contributed by atoms with Gasteiger partial charge in [-0.15, -0.1) is 0 Å². The monoisotopic (exact) mass is 511 g/mol. The third kappa shape index (κ3) is 6.92. The maximum absolute atomic E-state index is 12.8. The zero-order valence-electron chi connectivity index (χ0n) is 19.6. The van der Waals surface area contributed by atoms with Gasteiger partial charge < -0.3 is 25.9 Å². The topological polar surface area (TPSA) is 154 Å². The number of anilines is 2. The smallest absolute Gasteiger partial charge is 0.387 e. The third-order valence-electron chi connectivity index (χ3n) is 5.12. The van der Waals surface area contributed by atoms with Gasteiger partial charge in [0.15, 0.2) is 9.84 Å². The second kappa shape index (κ2) is 9.46. The van der Waals surface area contributed by atoms with Gasteiger partial charge in [-0.25, -0.2) is 13.4 Å². The first kappa shape index (κ1) is 26.4. The number of hydrogen-bond donors (Lipinski definition) is 4. The average Bonchev–Trinajstić information content (AvgIpc) is 2.67. The van der Waals surface area contributed by atoms with E-state index in [-0.39, 0.29) is 52.0 Å². The molecule has 0 aromatic carbocycles. The Morgan fingerprint density at radius 2 is 1.94 bits per heavy atom. The molecule has 0 saturated carbocycles. The van der Waals surface area contributed by atoms with Crippen molar-refractivity contribution in [2.45, 2.75) is 51.9 Å². The summed E-state index contributed by atoms with van der Waals surface area (Å²) in [6.07, 6.45) is 2.32. The number of carbonyl (C=O) groups excluding carboxylic acids is 1. The molecule has 10 nitrogen and oxygen atoms in total. The van der Waals surface area contributed by atoms with Crippen LogP contribution in [0, 0.1) is 12.3 Å². The van der Waals surface area contributed by atoms with Gasteiger partial charge in [-0.3, -0.25) is 9.78 Å². The van der Waals surface area contributed by atoms with Crippen LogP contribution in [0.5, 0.6) is 5.75 Å². The molecule has 0 spiro atoms. The highest BCUT2D eigenvalue weighted by Gasteiger charge is 2.45. The van der Waals surface area contributed by atoms with Crippen LogP contribution in [0.2, 0.25) is 0 Å². The molecule has 0 radical (unpaired) electrons. The number of sulfone groups is 1. The quantitative estimate of drug-likeness (QED) is 0.375. The zero-order chi connectivity index (χ0) is 26.2. The van der Waals surface area contributed by atoms with Crippen molar-refractivity contribution in [1.29, 1.82) is 5.41 Å². The van der Waals surface area contributed by atoms with Crippen LogP contribution < -0.4 is 15.4 Å². The molecule has 3 rings (SSSR count). The minimum absolute atomic E-state index is 0.0369. The van der Waals surface area contributed by atoms with Gasteiger partial charge in [-0.2, -0.15) is 8.78 Å². The lowest BCUT2D eigenvalue weighted by Crippen LogP contribution is -2.63. The number of nitrogens with zero attached hydrogens (tertiary/aromatic N) is 2. The van der Waals surface area contributed by atoms with E-state index in [1.165, 1.54) is 32.2 Å². The lowest BCUT2D eigenvalue weighted by molar-refractivity contribution is -0.0500. The number of aliphatic hydroxyl groups is 1. The lowest BCUT2D eigenvalue weighted by atomic mass is 9.96. The van der Waals surface area contributed by atoms with Crippen LogP contribution in [0.1, 0.15) is 48.8 Å². The van der Waals surface area contributed by atoms with E-state index in [0.29, 0.717) is 5.69 Å². The molecule has 3 heterocycles. The Morgan fingerprint density at radius 3 is 2.51 bits per heavy atom. The summed E-state index contributed by atoms with van der Waals surface area (Å²) in [6.45, 7) is 3.26. The number of carbonyl (C=O) groups is 1. The van der Waals surface area contributed by atoms with Crippen molar-refractivity contribution in [3.05, 3.63) is 41.3 Å². The van der Waals surface area contributed by atoms with Crippen molar-refractivity contribution >= 4 is 33.0 Å². The molecule has 1 fully saturated rings. The molecule has 0 bridgehead atoms. The fourth-order valence-electron chi connectivity index (χ4n) is 3.73. The van der Waals surface area contributed by atoms with Crippen LogP contribution in [-0.2, 0) is 9.84 Å². The molecule has 0 aliphatic carbocycles. The number of halogens is 2. The summed E-state index contributed by atoms with van der Waals surface area (Å²) in [5, 5.41) is 24.3. The fourth-order valence-corrected chi connectivity index (χ4v) is 5.73.